The lowest BCUT2D eigenvalue weighted by atomic mass is 10.1. The molecule has 9 nitrogen and oxygen atoms in total. The van der Waals surface area contributed by atoms with Crippen molar-refractivity contribution in [3.63, 3.8) is 0 Å². The van der Waals surface area contributed by atoms with Crippen LogP contribution in [0.4, 0.5) is 5.69 Å². The van der Waals surface area contributed by atoms with Gasteiger partial charge in [-0.25, -0.2) is 4.79 Å². The lowest BCUT2D eigenvalue weighted by molar-refractivity contribution is -0.384. The molecule has 0 aliphatic heterocycles. The number of aromatic nitrogens is 4. The van der Waals surface area contributed by atoms with Crippen LogP contribution in [0.15, 0.2) is 48.5 Å². The van der Waals surface area contributed by atoms with Gasteiger partial charge in [-0.2, -0.15) is 0 Å². The Balaban J connectivity index is 1.96. The van der Waals surface area contributed by atoms with Crippen LogP contribution in [0.2, 0.25) is 0 Å². The minimum Gasteiger partial charge on any atom is -0.465 e. The van der Waals surface area contributed by atoms with E-state index in [1.54, 1.807) is 36.4 Å². The minimum absolute atomic E-state index is 0.0418. The van der Waals surface area contributed by atoms with Crippen LogP contribution in [0.1, 0.15) is 10.4 Å². The van der Waals surface area contributed by atoms with Gasteiger partial charge in [-0.3, -0.25) is 10.1 Å². The fraction of sp³-hybridized carbons (Fsp3) is 0.0625. The molecular formula is C16H11N5O4. The van der Waals surface area contributed by atoms with Crippen molar-refractivity contribution in [1.29, 1.82) is 0 Å². The Morgan fingerprint density at radius 2 is 1.68 bits per heavy atom. The standard InChI is InChI=1S/C16H11N5O4/c1-25-16(22)11-6-4-5-10(9-11)14-17-19-15(20-18-14)12-7-2-3-8-13(12)21(23)24/h2-9H,1H3. The van der Waals surface area contributed by atoms with Crippen LogP contribution in [0.5, 0.6) is 0 Å². The summed E-state index contributed by atoms with van der Waals surface area (Å²) < 4.78 is 4.66. The van der Waals surface area contributed by atoms with E-state index in [4.69, 9.17) is 0 Å². The van der Waals surface area contributed by atoms with Gasteiger partial charge in [0.15, 0.2) is 0 Å². The van der Waals surface area contributed by atoms with Crippen molar-refractivity contribution in [1.82, 2.24) is 20.4 Å². The number of nitro benzene ring substituents is 1. The first-order valence-corrected chi connectivity index (χ1v) is 7.10. The fourth-order valence-electron chi connectivity index (χ4n) is 2.18. The highest BCUT2D eigenvalue weighted by atomic mass is 16.6. The Morgan fingerprint density at radius 1 is 1.00 bits per heavy atom. The van der Waals surface area contributed by atoms with Crippen LogP contribution in [-0.4, -0.2) is 38.4 Å². The molecule has 1 aromatic heterocycles. The van der Waals surface area contributed by atoms with Gasteiger partial charge in [-0.05, 0) is 18.2 Å². The summed E-state index contributed by atoms with van der Waals surface area (Å²) in [5.41, 5.74) is 0.956. The number of nitrogens with zero attached hydrogens (tertiary/aromatic N) is 5. The van der Waals surface area contributed by atoms with Crippen molar-refractivity contribution in [2.75, 3.05) is 7.11 Å². The average Bonchev–Trinajstić information content (AvgIpc) is 2.67. The maximum atomic E-state index is 11.6. The zero-order valence-electron chi connectivity index (χ0n) is 13.0. The molecule has 0 aliphatic carbocycles. The molecule has 3 rings (SSSR count). The summed E-state index contributed by atoms with van der Waals surface area (Å²) in [6.45, 7) is 0. The molecule has 25 heavy (non-hydrogen) atoms. The molecular weight excluding hydrogens is 326 g/mol. The molecule has 0 atom stereocenters. The van der Waals surface area contributed by atoms with Gasteiger partial charge in [0.05, 0.1) is 17.6 Å². The number of methoxy groups -OCH3 is 1. The largest absolute Gasteiger partial charge is 0.465 e. The van der Waals surface area contributed by atoms with Crippen molar-refractivity contribution in [3.05, 3.63) is 64.2 Å². The van der Waals surface area contributed by atoms with Gasteiger partial charge in [0, 0.05) is 11.6 Å². The molecule has 0 bridgehead atoms. The molecule has 0 spiro atoms. The maximum Gasteiger partial charge on any atom is 0.337 e. The second-order valence-electron chi connectivity index (χ2n) is 4.89. The monoisotopic (exact) mass is 337 g/mol. The van der Waals surface area contributed by atoms with E-state index < -0.39 is 10.9 Å². The predicted octanol–water partition coefficient (Wildman–Crippen LogP) is 2.30. The van der Waals surface area contributed by atoms with Crippen LogP contribution in [-0.2, 0) is 4.74 Å². The third kappa shape index (κ3) is 3.29. The van der Waals surface area contributed by atoms with Gasteiger partial charge >= 0.3 is 5.97 Å². The van der Waals surface area contributed by atoms with E-state index in [0.29, 0.717) is 11.1 Å². The molecule has 0 saturated heterocycles. The summed E-state index contributed by atoms with van der Waals surface area (Å²) in [5.74, 6) is -0.257. The zero-order chi connectivity index (χ0) is 17.8. The molecule has 1 heterocycles. The molecule has 0 N–H and O–H groups in total. The molecule has 0 fully saturated rings. The van der Waals surface area contributed by atoms with Crippen molar-refractivity contribution in [2.24, 2.45) is 0 Å². The summed E-state index contributed by atoms with van der Waals surface area (Å²) in [5, 5.41) is 26.8. The van der Waals surface area contributed by atoms with Crippen LogP contribution in [0, 0.1) is 10.1 Å². The third-order valence-electron chi connectivity index (χ3n) is 3.36. The first-order valence-electron chi connectivity index (χ1n) is 7.10. The van der Waals surface area contributed by atoms with Gasteiger partial charge in [0.1, 0.15) is 5.56 Å². The van der Waals surface area contributed by atoms with Gasteiger partial charge in [0.2, 0.25) is 11.6 Å². The highest BCUT2D eigenvalue weighted by Crippen LogP contribution is 2.26. The van der Waals surface area contributed by atoms with E-state index >= 15 is 0 Å². The number of benzene rings is 2. The topological polar surface area (TPSA) is 121 Å². The molecule has 0 unspecified atom stereocenters. The highest BCUT2D eigenvalue weighted by Gasteiger charge is 2.18. The number of ether oxygens (including phenoxy) is 1. The number of para-hydroxylation sites is 1. The smallest absolute Gasteiger partial charge is 0.337 e. The molecule has 9 heteroatoms. The lowest BCUT2D eigenvalue weighted by Gasteiger charge is -2.03. The van der Waals surface area contributed by atoms with E-state index in [-0.39, 0.29) is 22.9 Å². The van der Waals surface area contributed by atoms with Crippen molar-refractivity contribution >= 4 is 11.7 Å². The normalized spacial score (nSPS) is 10.3. The van der Waals surface area contributed by atoms with Crippen molar-refractivity contribution < 1.29 is 14.5 Å². The van der Waals surface area contributed by atoms with Crippen LogP contribution in [0.3, 0.4) is 0 Å². The number of esters is 1. The molecule has 3 aromatic rings. The number of carbonyl (C=O) groups excluding carboxylic acids is 1. The van der Waals surface area contributed by atoms with Crippen molar-refractivity contribution in [3.8, 4) is 22.8 Å². The summed E-state index contributed by atoms with van der Waals surface area (Å²) >= 11 is 0. The number of rotatable bonds is 4. The number of hydrogen-bond acceptors (Lipinski definition) is 8. The molecule has 0 aliphatic rings. The number of hydrogen-bond donors (Lipinski definition) is 0. The molecule has 124 valence electrons. The Hall–Kier alpha value is -3.75. The van der Waals surface area contributed by atoms with Gasteiger partial charge in [0.25, 0.3) is 5.69 Å². The second-order valence-corrected chi connectivity index (χ2v) is 4.89. The van der Waals surface area contributed by atoms with Crippen LogP contribution in [0.25, 0.3) is 22.8 Å². The Labute approximate surface area is 141 Å². The maximum absolute atomic E-state index is 11.6. The first kappa shape index (κ1) is 16.1. The summed E-state index contributed by atoms with van der Waals surface area (Å²) in [4.78, 5) is 22.1. The van der Waals surface area contributed by atoms with E-state index in [1.807, 2.05) is 0 Å². The minimum atomic E-state index is -0.521. The van der Waals surface area contributed by atoms with E-state index in [2.05, 4.69) is 25.1 Å². The quantitative estimate of drug-likeness (QED) is 0.404. The molecule has 0 amide bonds. The number of nitro groups is 1. The SMILES string of the molecule is COC(=O)c1cccc(-c2nnc(-c3ccccc3[N+](=O)[O-])nn2)c1. The predicted molar refractivity (Wildman–Crippen MR) is 86.5 cm³/mol. The van der Waals surface area contributed by atoms with E-state index in [1.165, 1.54) is 19.2 Å². The van der Waals surface area contributed by atoms with Crippen LogP contribution < -0.4 is 0 Å². The van der Waals surface area contributed by atoms with Crippen LogP contribution >= 0.6 is 0 Å². The Kier molecular flexibility index (Phi) is 4.38. The van der Waals surface area contributed by atoms with E-state index in [0.717, 1.165) is 0 Å². The van der Waals surface area contributed by atoms with Gasteiger partial charge in [-0.1, -0.05) is 24.3 Å². The Bertz CT molecular complexity index is 943. The number of carbonyl (C=O) groups is 1. The highest BCUT2D eigenvalue weighted by molar-refractivity contribution is 5.90. The van der Waals surface area contributed by atoms with Crippen molar-refractivity contribution in [2.45, 2.75) is 0 Å². The van der Waals surface area contributed by atoms with Gasteiger partial charge < -0.3 is 4.74 Å². The summed E-state index contributed by atoms with van der Waals surface area (Å²) in [6.07, 6.45) is 0. The summed E-state index contributed by atoms with van der Waals surface area (Å²) in [7, 11) is 1.29. The molecule has 2 aromatic carbocycles. The van der Waals surface area contributed by atoms with Gasteiger partial charge in [-0.15, -0.1) is 20.4 Å². The second kappa shape index (κ2) is 6.79. The van der Waals surface area contributed by atoms with E-state index in [9.17, 15) is 14.9 Å². The average molecular weight is 337 g/mol. The molecule has 0 saturated carbocycles. The fourth-order valence-corrected chi connectivity index (χ4v) is 2.18. The third-order valence-corrected chi connectivity index (χ3v) is 3.36. The summed E-state index contributed by atoms with van der Waals surface area (Å²) in [6, 6.07) is 12.6. The Morgan fingerprint density at radius 3 is 2.36 bits per heavy atom. The first-order chi connectivity index (χ1) is 12.1. The lowest BCUT2D eigenvalue weighted by Crippen LogP contribution is -2.03. The zero-order valence-corrected chi connectivity index (χ0v) is 13.0. The molecule has 0 radical (unpaired) electrons.